The minimum atomic E-state index is 0.621. The number of hydrogen-bond donors (Lipinski definition) is 0. The van der Waals surface area contributed by atoms with Crippen LogP contribution in [0.1, 0.15) is 24.9 Å². The van der Waals surface area contributed by atoms with Crippen molar-refractivity contribution in [3.05, 3.63) is 17.7 Å². The molecule has 1 saturated heterocycles. The van der Waals surface area contributed by atoms with Crippen molar-refractivity contribution < 1.29 is 4.74 Å². The van der Waals surface area contributed by atoms with E-state index in [0.717, 1.165) is 39.3 Å². The Morgan fingerprint density at radius 1 is 1.50 bits per heavy atom. The molecule has 1 atom stereocenters. The van der Waals surface area contributed by atoms with E-state index in [1.54, 1.807) is 0 Å². The lowest BCUT2D eigenvalue weighted by molar-refractivity contribution is 0.121. The maximum Gasteiger partial charge on any atom is 0.123 e. The Morgan fingerprint density at radius 3 is 3.19 bits per heavy atom. The van der Waals surface area contributed by atoms with Gasteiger partial charge in [0.15, 0.2) is 0 Å². The molecule has 0 radical (unpaired) electrons. The van der Waals surface area contributed by atoms with Crippen molar-refractivity contribution in [1.29, 1.82) is 0 Å². The van der Waals surface area contributed by atoms with E-state index < -0.39 is 0 Å². The summed E-state index contributed by atoms with van der Waals surface area (Å²) in [5, 5.41) is 0. The number of fused-ring (bicyclic) bond motifs is 1. The number of rotatable bonds is 2. The molecule has 1 aromatic heterocycles. The van der Waals surface area contributed by atoms with Gasteiger partial charge in [0, 0.05) is 31.9 Å². The lowest BCUT2D eigenvalue weighted by Gasteiger charge is -2.31. The Bertz CT molecular complexity index is 368. The number of ether oxygens (including phenoxy) is 1. The standard InChI is InChI=1S/C12H19N3O/c1-2-10-7-15-5-4-14(8-12(15)13-10)11-3-6-16-9-11/h7,11H,2-6,8-9H2,1H3. The van der Waals surface area contributed by atoms with E-state index in [-0.39, 0.29) is 0 Å². The van der Waals surface area contributed by atoms with Crippen LogP contribution in [0.2, 0.25) is 0 Å². The van der Waals surface area contributed by atoms with Crippen LogP contribution in [0.3, 0.4) is 0 Å². The van der Waals surface area contributed by atoms with E-state index in [0.29, 0.717) is 6.04 Å². The Balaban J connectivity index is 1.74. The van der Waals surface area contributed by atoms with Crippen LogP contribution in [0.15, 0.2) is 6.20 Å². The number of aryl methyl sites for hydroxylation is 1. The van der Waals surface area contributed by atoms with Crippen LogP contribution in [-0.2, 0) is 24.2 Å². The second-order valence-corrected chi connectivity index (χ2v) is 4.68. The summed E-state index contributed by atoms with van der Waals surface area (Å²) < 4.78 is 7.77. The Hall–Kier alpha value is -0.870. The number of hydrogen-bond acceptors (Lipinski definition) is 3. The van der Waals surface area contributed by atoms with Gasteiger partial charge in [-0.15, -0.1) is 0 Å². The van der Waals surface area contributed by atoms with Gasteiger partial charge >= 0.3 is 0 Å². The molecule has 0 saturated carbocycles. The average molecular weight is 221 g/mol. The molecule has 2 aliphatic rings. The molecule has 4 heteroatoms. The van der Waals surface area contributed by atoms with Gasteiger partial charge in [0.05, 0.1) is 18.8 Å². The highest BCUT2D eigenvalue weighted by Crippen LogP contribution is 2.19. The second-order valence-electron chi connectivity index (χ2n) is 4.68. The third kappa shape index (κ3) is 1.76. The van der Waals surface area contributed by atoms with Crippen molar-refractivity contribution >= 4 is 0 Å². The average Bonchev–Trinajstić information content (AvgIpc) is 2.96. The molecule has 0 spiro atoms. The van der Waals surface area contributed by atoms with Crippen LogP contribution < -0.4 is 0 Å². The quantitative estimate of drug-likeness (QED) is 0.748. The second kappa shape index (κ2) is 4.18. The summed E-state index contributed by atoms with van der Waals surface area (Å²) in [6.45, 7) is 7.21. The molecule has 3 rings (SSSR count). The summed E-state index contributed by atoms with van der Waals surface area (Å²) in [7, 11) is 0. The maximum atomic E-state index is 5.46. The van der Waals surface area contributed by atoms with Crippen molar-refractivity contribution in [1.82, 2.24) is 14.5 Å². The molecule has 3 heterocycles. The van der Waals surface area contributed by atoms with Crippen molar-refractivity contribution in [3.63, 3.8) is 0 Å². The highest BCUT2D eigenvalue weighted by atomic mass is 16.5. The fraction of sp³-hybridized carbons (Fsp3) is 0.750. The van der Waals surface area contributed by atoms with E-state index in [9.17, 15) is 0 Å². The van der Waals surface area contributed by atoms with Gasteiger partial charge in [-0.2, -0.15) is 0 Å². The summed E-state index contributed by atoms with van der Waals surface area (Å²) in [6, 6.07) is 0.621. The van der Waals surface area contributed by atoms with Gasteiger partial charge in [-0.1, -0.05) is 6.92 Å². The molecule has 0 aliphatic carbocycles. The van der Waals surface area contributed by atoms with Gasteiger partial charge in [-0.3, -0.25) is 4.90 Å². The predicted octanol–water partition coefficient (Wildman–Crippen LogP) is 1.05. The number of aromatic nitrogens is 2. The molecule has 0 aromatic carbocycles. The topological polar surface area (TPSA) is 30.3 Å². The Kier molecular flexibility index (Phi) is 2.69. The van der Waals surface area contributed by atoms with Crippen LogP contribution >= 0.6 is 0 Å². The normalized spacial score (nSPS) is 25.9. The third-order valence-corrected chi connectivity index (χ3v) is 3.67. The van der Waals surface area contributed by atoms with Crippen LogP contribution in [0.5, 0.6) is 0 Å². The minimum absolute atomic E-state index is 0.621. The molecule has 16 heavy (non-hydrogen) atoms. The van der Waals surface area contributed by atoms with Crippen LogP contribution in [0.25, 0.3) is 0 Å². The lowest BCUT2D eigenvalue weighted by atomic mass is 10.2. The third-order valence-electron chi connectivity index (χ3n) is 3.67. The first-order valence-corrected chi connectivity index (χ1v) is 6.23. The van der Waals surface area contributed by atoms with Crippen LogP contribution in [0, 0.1) is 0 Å². The highest BCUT2D eigenvalue weighted by molar-refractivity contribution is 5.06. The molecule has 2 aliphatic heterocycles. The molecule has 1 fully saturated rings. The van der Waals surface area contributed by atoms with E-state index in [1.165, 1.54) is 17.9 Å². The van der Waals surface area contributed by atoms with E-state index in [2.05, 4.69) is 27.6 Å². The molecule has 0 amide bonds. The summed E-state index contributed by atoms with van der Waals surface area (Å²) in [5.74, 6) is 1.23. The summed E-state index contributed by atoms with van der Waals surface area (Å²) >= 11 is 0. The van der Waals surface area contributed by atoms with Gasteiger partial charge in [0.25, 0.3) is 0 Å². The van der Waals surface area contributed by atoms with Gasteiger partial charge in [0.1, 0.15) is 5.82 Å². The maximum absolute atomic E-state index is 5.46. The van der Waals surface area contributed by atoms with Gasteiger partial charge < -0.3 is 9.30 Å². The first kappa shape index (κ1) is 10.3. The summed E-state index contributed by atoms with van der Waals surface area (Å²) in [5.41, 5.74) is 1.22. The van der Waals surface area contributed by atoms with E-state index in [4.69, 9.17) is 4.74 Å². The summed E-state index contributed by atoms with van der Waals surface area (Å²) in [6.07, 6.45) is 4.42. The monoisotopic (exact) mass is 221 g/mol. The van der Waals surface area contributed by atoms with Gasteiger partial charge in [-0.25, -0.2) is 4.98 Å². The predicted molar refractivity (Wildman–Crippen MR) is 61.2 cm³/mol. The molecule has 0 N–H and O–H groups in total. The van der Waals surface area contributed by atoms with Gasteiger partial charge in [-0.05, 0) is 12.8 Å². The minimum Gasteiger partial charge on any atom is -0.380 e. The van der Waals surface area contributed by atoms with Crippen molar-refractivity contribution in [3.8, 4) is 0 Å². The molecular weight excluding hydrogens is 202 g/mol. The first-order valence-electron chi connectivity index (χ1n) is 6.23. The zero-order chi connectivity index (χ0) is 11.0. The zero-order valence-corrected chi connectivity index (χ0v) is 9.85. The zero-order valence-electron chi connectivity index (χ0n) is 9.85. The number of imidazole rings is 1. The fourth-order valence-corrected chi connectivity index (χ4v) is 2.62. The van der Waals surface area contributed by atoms with Crippen molar-refractivity contribution in [2.45, 2.75) is 38.9 Å². The molecule has 1 aromatic rings. The van der Waals surface area contributed by atoms with Crippen molar-refractivity contribution in [2.24, 2.45) is 0 Å². The highest BCUT2D eigenvalue weighted by Gasteiger charge is 2.27. The molecular formula is C12H19N3O. The van der Waals surface area contributed by atoms with Crippen LogP contribution in [0.4, 0.5) is 0 Å². The molecule has 88 valence electrons. The molecule has 0 bridgehead atoms. The van der Waals surface area contributed by atoms with E-state index >= 15 is 0 Å². The summed E-state index contributed by atoms with van der Waals surface area (Å²) in [4.78, 5) is 7.19. The Labute approximate surface area is 96.2 Å². The van der Waals surface area contributed by atoms with Crippen LogP contribution in [-0.4, -0.2) is 40.3 Å². The largest absolute Gasteiger partial charge is 0.380 e. The molecule has 1 unspecified atom stereocenters. The lowest BCUT2D eigenvalue weighted by Crippen LogP contribution is -2.41. The molecule has 4 nitrogen and oxygen atoms in total. The number of nitrogens with zero attached hydrogens (tertiary/aromatic N) is 3. The first-order chi connectivity index (χ1) is 7.86. The SMILES string of the molecule is CCc1cn2c(n1)CN(C1CCOC1)CC2. The smallest absolute Gasteiger partial charge is 0.123 e. The van der Waals surface area contributed by atoms with Crippen molar-refractivity contribution in [2.75, 3.05) is 19.8 Å². The van der Waals surface area contributed by atoms with E-state index in [1.807, 2.05) is 0 Å². The Morgan fingerprint density at radius 2 is 2.44 bits per heavy atom. The fourth-order valence-electron chi connectivity index (χ4n) is 2.62. The van der Waals surface area contributed by atoms with Gasteiger partial charge in [0.2, 0.25) is 0 Å².